The van der Waals surface area contributed by atoms with E-state index in [9.17, 15) is 4.79 Å². The monoisotopic (exact) mass is 302 g/mol. The third-order valence-electron chi connectivity index (χ3n) is 2.49. The summed E-state index contributed by atoms with van der Waals surface area (Å²) in [5, 5.41) is 2.69. The Kier molecular flexibility index (Phi) is 5.68. The Balaban J connectivity index is 0.000000255. The standard InChI is InChI=1S/C10H15N3O.C5H7N3/c1-10(2,3)9(14)13-8-6-4-5-7(11)12-8;6-4-2-1-3-5(7)8-4/h4-6H,1-3H3,(H3,11,12,13,14);1-3H,(H4,6,7,8). The minimum atomic E-state index is -0.424. The number of hydrogen-bond acceptors (Lipinski definition) is 6. The number of amides is 1. The van der Waals surface area contributed by atoms with E-state index in [0.717, 1.165) is 0 Å². The zero-order chi connectivity index (χ0) is 16.8. The minimum Gasteiger partial charge on any atom is -0.384 e. The van der Waals surface area contributed by atoms with Gasteiger partial charge in [0, 0.05) is 5.41 Å². The van der Waals surface area contributed by atoms with E-state index in [-0.39, 0.29) is 5.91 Å². The summed E-state index contributed by atoms with van der Waals surface area (Å²) in [6, 6.07) is 10.3. The van der Waals surface area contributed by atoms with Crippen LogP contribution in [0.3, 0.4) is 0 Å². The van der Waals surface area contributed by atoms with Gasteiger partial charge in [0.1, 0.15) is 23.3 Å². The molecule has 0 bridgehead atoms. The molecule has 0 saturated heterocycles. The maximum Gasteiger partial charge on any atom is 0.230 e. The zero-order valence-electron chi connectivity index (χ0n) is 13.0. The molecule has 2 aromatic heterocycles. The second kappa shape index (κ2) is 7.26. The number of nitrogens with zero attached hydrogens (tertiary/aromatic N) is 2. The first-order valence-corrected chi connectivity index (χ1v) is 6.70. The number of rotatable bonds is 1. The van der Waals surface area contributed by atoms with Gasteiger partial charge in [0.05, 0.1) is 0 Å². The van der Waals surface area contributed by atoms with Crippen molar-refractivity contribution in [3.8, 4) is 0 Å². The highest BCUT2D eigenvalue weighted by Gasteiger charge is 2.21. The predicted molar refractivity (Wildman–Crippen MR) is 89.8 cm³/mol. The highest BCUT2D eigenvalue weighted by molar-refractivity contribution is 5.93. The summed E-state index contributed by atoms with van der Waals surface area (Å²) in [7, 11) is 0. The van der Waals surface area contributed by atoms with Gasteiger partial charge in [0.15, 0.2) is 0 Å². The topological polar surface area (TPSA) is 133 Å². The average molecular weight is 302 g/mol. The van der Waals surface area contributed by atoms with Crippen LogP contribution >= 0.6 is 0 Å². The predicted octanol–water partition coefficient (Wildman–Crippen LogP) is 1.89. The molecule has 7 heteroatoms. The maximum absolute atomic E-state index is 11.6. The van der Waals surface area contributed by atoms with Gasteiger partial charge in [-0.1, -0.05) is 32.9 Å². The Morgan fingerprint density at radius 1 is 0.909 bits per heavy atom. The molecule has 0 fully saturated rings. The lowest BCUT2D eigenvalue weighted by Crippen LogP contribution is -2.28. The van der Waals surface area contributed by atoms with Crippen molar-refractivity contribution in [3.63, 3.8) is 0 Å². The van der Waals surface area contributed by atoms with Crippen molar-refractivity contribution in [1.82, 2.24) is 9.97 Å². The van der Waals surface area contributed by atoms with Crippen LogP contribution in [0.5, 0.6) is 0 Å². The Morgan fingerprint density at radius 2 is 1.36 bits per heavy atom. The van der Waals surface area contributed by atoms with Gasteiger partial charge in [-0.3, -0.25) is 4.79 Å². The Hall–Kier alpha value is -2.83. The van der Waals surface area contributed by atoms with Crippen molar-refractivity contribution in [2.45, 2.75) is 20.8 Å². The van der Waals surface area contributed by atoms with E-state index in [1.807, 2.05) is 20.8 Å². The largest absolute Gasteiger partial charge is 0.384 e. The lowest BCUT2D eigenvalue weighted by molar-refractivity contribution is -0.123. The fraction of sp³-hybridized carbons (Fsp3) is 0.267. The summed E-state index contributed by atoms with van der Waals surface area (Å²) in [5.41, 5.74) is 15.6. The molecule has 2 aromatic rings. The number of hydrogen-bond donors (Lipinski definition) is 4. The van der Waals surface area contributed by atoms with Crippen LogP contribution in [-0.4, -0.2) is 15.9 Å². The zero-order valence-corrected chi connectivity index (χ0v) is 13.0. The number of nitrogens with one attached hydrogen (secondary N) is 1. The molecular formula is C15H22N6O. The third kappa shape index (κ3) is 6.08. The van der Waals surface area contributed by atoms with Crippen LogP contribution in [0.15, 0.2) is 36.4 Å². The number of nitrogens with two attached hydrogens (primary N) is 3. The number of nitrogen functional groups attached to an aromatic ring is 3. The number of anilines is 4. The molecule has 0 radical (unpaired) electrons. The van der Waals surface area contributed by atoms with Crippen molar-refractivity contribution in [3.05, 3.63) is 36.4 Å². The number of carbonyl (C=O) groups is 1. The molecule has 7 nitrogen and oxygen atoms in total. The lowest BCUT2D eigenvalue weighted by Gasteiger charge is -2.17. The van der Waals surface area contributed by atoms with Crippen LogP contribution in [0.25, 0.3) is 0 Å². The van der Waals surface area contributed by atoms with Gasteiger partial charge < -0.3 is 22.5 Å². The lowest BCUT2D eigenvalue weighted by atomic mass is 9.96. The van der Waals surface area contributed by atoms with Crippen molar-refractivity contribution >= 4 is 29.2 Å². The van der Waals surface area contributed by atoms with Crippen molar-refractivity contribution in [1.29, 1.82) is 0 Å². The Bertz CT molecular complexity index is 619. The molecule has 0 aliphatic rings. The first kappa shape index (κ1) is 17.2. The molecule has 0 aromatic carbocycles. The normalized spacial score (nSPS) is 10.3. The van der Waals surface area contributed by atoms with Crippen LogP contribution < -0.4 is 22.5 Å². The average Bonchev–Trinajstić information content (AvgIpc) is 2.38. The number of aromatic nitrogens is 2. The SMILES string of the molecule is CC(C)(C)C(=O)Nc1cccc(N)n1.Nc1cccc(N)n1. The number of pyridine rings is 2. The van der Waals surface area contributed by atoms with E-state index in [2.05, 4.69) is 15.3 Å². The van der Waals surface area contributed by atoms with E-state index in [1.54, 1.807) is 36.4 Å². The van der Waals surface area contributed by atoms with E-state index < -0.39 is 5.41 Å². The second-order valence-corrected chi connectivity index (χ2v) is 5.64. The maximum atomic E-state index is 11.6. The van der Waals surface area contributed by atoms with E-state index in [0.29, 0.717) is 23.3 Å². The van der Waals surface area contributed by atoms with E-state index in [1.165, 1.54) is 0 Å². The molecule has 2 rings (SSSR count). The highest BCUT2D eigenvalue weighted by Crippen LogP contribution is 2.16. The van der Waals surface area contributed by atoms with Gasteiger partial charge in [-0.05, 0) is 24.3 Å². The fourth-order valence-electron chi connectivity index (χ4n) is 1.29. The summed E-state index contributed by atoms with van der Waals surface area (Å²) in [6.07, 6.45) is 0. The van der Waals surface area contributed by atoms with Gasteiger partial charge in [-0.25, -0.2) is 9.97 Å². The quantitative estimate of drug-likeness (QED) is 0.635. The first-order valence-electron chi connectivity index (χ1n) is 6.70. The van der Waals surface area contributed by atoms with Crippen LogP contribution in [0.2, 0.25) is 0 Å². The molecule has 0 saturated carbocycles. The van der Waals surface area contributed by atoms with Gasteiger partial charge in [-0.15, -0.1) is 0 Å². The molecule has 22 heavy (non-hydrogen) atoms. The van der Waals surface area contributed by atoms with Gasteiger partial charge in [0.2, 0.25) is 5.91 Å². The summed E-state index contributed by atoms with van der Waals surface area (Å²) in [6.45, 7) is 5.53. The molecule has 0 aliphatic heterocycles. The molecule has 2 heterocycles. The number of carbonyl (C=O) groups excluding carboxylic acids is 1. The summed E-state index contributed by atoms with van der Waals surface area (Å²) in [4.78, 5) is 19.3. The third-order valence-corrected chi connectivity index (χ3v) is 2.49. The highest BCUT2D eigenvalue weighted by atomic mass is 16.2. The molecule has 0 aliphatic carbocycles. The molecule has 1 amide bonds. The molecule has 0 unspecified atom stereocenters. The molecule has 0 spiro atoms. The summed E-state index contributed by atoms with van der Waals surface area (Å²) < 4.78 is 0. The fourth-order valence-corrected chi connectivity index (χ4v) is 1.29. The second-order valence-electron chi connectivity index (χ2n) is 5.64. The summed E-state index contributed by atoms with van der Waals surface area (Å²) >= 11 is 0. The van der Waals surface area contributed by atoms with Crippen molar-refractivity contribution < 1.29 is 4.79 Å². The Morgan fingerprint density at radius 3 is 1.73 bits per heavy atom. The van der Waals surface area contributed by atoms with Crippen molar-refractivity contribution in [2.75, 3.05) is 22.5 Å². The van der Waals surface area contributed by atoms with Crippen LogP contribution in [0.1, 0.15) is 20.8 Å². The first-order chi connectivity index (χ1) is 10.2. The smallest absolute Gasteiger partial charge is 0.230 e. The molecule has 7 N–H and O–H groups in total. The molecule has 0 atom stereocenters. The van der Waals surface area contributed by atoms with Crippen LogP contribution in [-0.2, 0) is 4.79 Å². The molecular weight excluding hydrogens is 280 g/mol. The van der Waals surface area contributed by atoms with Gasteiger partial charge in [-0.2, -0.15) is 0 Å². The van der Waals surface area contributed by atoms with Gasteiger partial charge in [0.25, 0.3) is 0 Å². The van der Waals surface area contributed by atoms with Crippen LogP contribution in [0, 0.1) is 5.41 Å². The Labute approximate surface area is 129 Å². The molecule has 118 valence electrons. The minimum absolute atomic E-state index is 0.0735. The van der Waals surface area contributed by atoms with Crippen LogP contribution in [0.4, 0.5) is 23.3 Å². The van der Waals surface area contributed by atoms with Gasteiger partial charge >= 0.3 is 0 Å². The van der Waals surface area contributed by atoms with Crippen molar-refractivity contribution in [2.24, 2.45) is 5.41 Å². The van der Waals surface area contributed by atoms with E-state index >= 15 is 0 Å². The van der Waals surface area contributed by atoms with E-state index in [4.69, 9.17) is 17.2 Å². The summed E-state index contributed by atoms with van der Waals surface area (Å²) in [5.74, 6) is 1.74.